The summed E-state index contributed by atoms with van der Waals surface area (Å²) in [6, 6.07) is 6.48. The zero-order chi connectivity index (χ0) is 12.8. The van der Waals surface area contributed by atoms with Gasteiger partial charge >= 0.3 is 0 Å². The van der Waals surface area contributed by atoms with Crippen molar-refractivity contribution in [2.45, 2.75) is 12.8 Å². The first-order chi connectivity index (χ1) is 9.92. The van der Waals surface area contributed by atoms with E-state index < -0.39 is 0 Å². The Balaban J connectivity index is 2.24. The molecular weight excluding hydrogens is 244 g/mol. The minimum Gasteiger partial charge on any atom is -0.252 e. The highest BCUT2D eigenvalue weighted by Gasteiger charge is 2.21. The third kappa shape index (κ3) is 0.837. The van der Waals surface area contributed by atoms with Crippen molar-refractivity contribution in [3.63, 3.8) is 0 Å². The fraction of sp³-hybridized carbons (Fsp3) is 0.111. The first kappa shape index (κ1) is 9.43. The van der Waals surface area contributed by atoms with Crippen molar-refractivity contribution in [1.82, 2.24) is 9.97 Å². The highest BCUT2D eigenvalue weighted by Crippen LogP contribution is 2.31. The standard InChI is InChI=1S/C18H10N2/c1-3-9-10-4-2-6-12-16(10)18-14(20-12)8-7-13-17(18)15(9)11(5-1)19-13/h1,3-7H,2,8H2. The Morgan fingerprint density at radius 3 is 2.75 bits per heavy atom. The summed E-state index contributed by atoms with van der Waals surface area (Å²) >= 11 is 0. The minimum absolute atomic E-state index is 0.912. The zero-order valence-electron chi connectivity index (χ0n) is 10.8. The Morgan fingerprint density at radius 1 is 0.800 bits per heavy atom. The highest BCUT2D eigenvalue weighted by molar-refractivity contribution is 6.23. The van der Waals surface area contributed by atoms with Crippen molar-refractivity contribution in [3.8, 4) is 0 Å². The van der Waals surface area contributed by atoms with Crippen LogP contribution in [0.1, 0.15) is 12.1 Å². The van der Waals surface area contributed by atoms with Gasteiger partial charge in [-0.05, 0) is 23.1 Å². The van der Waals surface area contributed by atoms with E-state index in [4.69, 9.17) is 9.97 Å². The molecule has 0 bridgehead atoms. The molecule has 0 unspecified atom stereocenters. The largest absolute Gasteiger partial charge is 0.252 e. The second-order valence-electron chi connectivity index (χ2n) is 5.73. The van der Waals surface area contributed by atoms with Gasteiger partial charge in [0.25, 0.3) is 0 Å². The molecule has 92 valence electrons. The van der Waals surface area contributed by atoms with Crippen molar-refractivity contribution in [1.29, 1.82) is 0 Å². The van der Waals surface area contributed by atoms with Gasteiger partial charge in [0.05, 0.1) is 21.9 Å². The monoisotopic (exact) mass is 254 g/mol. The smallest absolute Gasteiger partial charge is 0.0722 e. The molecule has 0 saturated heterocycles. The van der Waals surface area contributed by atoms with Gasteiger partial charge in [-0.1, -0.05) is 30.4 Å². The SMILES string of the molecule is C1=c2nc3c4c2c(c2cccc5nc(c4c52)=CC3)=CC1. The molecule has 0 fully saturated rings. The highest BCUT2D eigenvalue weighted by atomic mass is 14.7. The van der Waals surface area contributed by atoms with E-state index in [2.05, 4.69) is 36.4 Å². The van der Waals surface area contributed by atoms with Crippen LogP contribution in [0, 0.1) is 0 Å². The normalized spacial score (nSPS) is 15.8. The molecule has 2 heterocycles. The molecule has 0 N–H and O–H groups in total. The van der Waals surface area contributed by atoms with Crippen molar-refractivity contribution < 1.29 is 0 Å². The second-order valence-corrected chi connectivity index (χ2v) is 5.73. The first-order valence-corrected chi connectivity index (χ1v) is 7.08. The Kier molecular flexibility index (Phi) is 1.33. The van der Waals surface area contributed by atoms with Gasteiger partial charge in [0.15, 0.2) is 0 Å². The van der Waals surface area contributed by atoms with Crippen molar-refractivity contribution >= 4 is 50.7 Å². The Labute approximate surface area is 114 Å². The molecule has 2 heteroatoms. The lowest BCUT2D eigenvalue weighted by atomic mass is 9.93. The fourth-order valence-electron chi connectivity index (χ4n) is 4.03. The summed E-state index contributed by atoms with van der Waals surface area (Å²) in [7, 11) is 0. The summed E-state index contributed by atoms with van der Waals surface area (Å²) < 4.78 is 0. The molecule has 2 aromatic heterocycles. The number of hydrogen-bond acceptors (Lipinski definition) is 2. The van der Waals surface area contributed by atoms with Gasteiger partial charge in [-0.2, -0.15) is 0 Å². The lowest BCUT2D eigenvalue weighted by Gasteiger charge is -2.07. The van der Waals surface area contributed by atoms with Crippen LogP contribution >= 0.6 is 0 Å². The van der Waals surface area contributed by atoms with E-state index in [0.717, 1.165) is 23.7 Å². The molecule has 2 aliphatic rings. The molecule has 0 spiro atoms. The molecule has 20 heavy (non-hydrogen) atoms. The maximum atomic E-state index is 4.87. The van der Waals surface area contributed by atoms with Crippen LogP contribution < -0.4 is 15.9 Å². The molecule has 0 saturated carbocycles. The number of nitrogens with zero attached hydrogens (tertiary/aromatic N) is 2. The van der Waals surface area contributed by atoms with Crippen LogP contribution in [0.5, 0.6) is 0 Å². The van der Waals surface area contributed by atoms with E-state index in [1.165, 1.54) is 43.2 Å². The fourth-order valence-corrected chi connectivity index (χ4v) is 4.03. The number of aromatic nitrogens is 2. The molecular formula is C18H10N2. The summed E-state index contributed by atoms with van der Waals surface area (Å²) in [5, 5.41) is 10.4. The lowest BCUT2D eigenvalue weighted by Crippen LogP contribution is -2.17. The van der Waals surface area contributed by atoms with Gasteiger partial charge in [0.1, 0.15) is 0 Å². The molecule has 2 aromatic carbocycles. The number of hydrogen-bond donors (Lipinski definition) is 0. The predicted octanol–water partition coefficient (Wildman–Crippen LogP) is 1.39. The van der Waals surface area contributed by atoms with Gasteiger partial charge in [-0.15, -0.1) is 0 Å². The van der Waals surface area contributed by atoms with Gasteiger partial charge in [0, 0.05) is 28.0 Å². The Morgan fingerprint density at radius 2 is 1.75 bits per heavy atom. The molecule has 4 aromatic rings. The van der Waals surface area contributed by atoms with E-state index >= 15 is 0 Å². The maximum absolute atomic E-state index is 4.87. The summed E-state index contributed by atoms with van der Waals surface area (Å²) in [5.41, 5.74) is 2.36. The van der Waals surface area contributed by atoms with Gasteiger partial charge in [0.2, 0.25) is 0 Å². The minimum atomic E-state index is 0.912. The third-order valence-electron chi connectivity index (χ3n) is 4.77. The molecule has 0 atom stereocenters. The van der Waals surface area contributed by atoms with Crippen LogP contribution in [0.25, 0.3) is 50.7 Å². The average Bonchev–Trinajstić information content (AvgIpc) is 3.03. The maximum Gasteiger partial charge on any atom is 0.0722 e. The van der Waals surface area contributed by atoms with Crippen LogP contribution in [-0.4, -0.2) is 9.97 Å². The second kappa shape index (κ2) is 2.83. The zero-order valence-corrected chi connectivity index (χ0v) is 10.8. The topological polar surface area (TPSA) is 25.8 Å². The summed E-state index contributed by atoms with van der Waals surface area (Å²) in [5.74, 6) is 0. The molecule has 6 rings (SSSR count). The third-order valence-corrected chi connectivity index (χ3v) is 4.77. The molecule has 0 aliphatic heterocycles. The van der Waals surface area contributed by atoms with Crippen LogP contribution in [0.3, 0.4) is 0 Å². The number of rotatable bonds is 0. The van der Waals surface area contributed by atoms with E-state index in [1.807, 2.05) is 0 Å². The van der Waals surface area contributed by atoms with Crippen molar-refractivity contribution in [3.05, 3.63) is 39.8 Å². The molecule has 2 nitrogen and oxygen atoms in total. The molecule has 2 aliphatic carbocycles. The number of benzene rings is 2. The van der Waals surface area contributed by atoms with Crippen LogP contribution in [0.4, 0.5) is 0 Å². The number of fused-ring (bicyclic) bond motifs is 1. The molecule has 0 amide bonds. The quantitative estimate of drug-likeness (QED) is 0.474. The van der Waals surface area contributed by atoms with E-state index in [-0.39, 0.29) is 0 Å². The van der Waals surface area contributed by atoms with Crippen LogP contribution in [0.15, 0.2) is 18.2 Å². The van der Waals surface area contributed by atoms with Gasteiger partial charge < -0.3 is 0 Å². The van der Waals surface area contributed by atoms with Gasteiger partial charge in [-0.3, -0.25) is 4.98 Å². The summed E-state index contributed by atoms with van der Waals surface area (Å²) in [4.78, 5) is 9.69. The van der Waals surface area contributed by atoms with E-state index in [0.29, 0.717) is 0 Å². The summed E-state index contributed by atoms with van der Waals surface area (Å²) in [6.07, 6.45) is 8.71. The van der Waals surface area contributed by atoms with Gasteiger partial charge in [-0.25, -0.2) is 4.98 Å². The predicted molar refractivity (Wildman–Crippen MR) is 81.9 cm³/mol. The van der Waals surface area contributed by atoms with Crippen molar-refractivity contribution in [2.24, 2.45) is 0 Å². The lowest BCUT2D eigenvalue weighted by molar-refractivity contribution is 1.16. The van der Waals surface area contributed by atoms with Crippen molar-refractivity contribution in [2.75, 3.05) is 0 Å². The Hall–Kier alpha value is -2.48. The van der Waals surface area contributed by atoms with Crippen LogP contribution in [-0.2, 0) is 6.42 Å². The molecule has 0 radical (unpaired) electrons. The Bertz CT molecular complexity index is 1230. The van der Waals surface area contributed by atoms with E-state index in [9.17, 15) is 0 Å². The first-order valence-electron chi connectivity index (χ1n) is 7.08. The van der Waals surface area contributed by atoms with E-state index in [1.54, 1.807) is 0 Å². The summed E-state index contributed by atoms with van der Waals surface area (Å²) in [6.45, 7) is 0. The van der Waals surface area contributed by atoms with Crippen LogP contribution in [0.2, 0.25) is 0 Å². The average molecular weight is 254 g/mol.